The number of pyridine rings is 1. The van der Waals surface area contributed by atoms with Crippen molar-refractivity contribution in [2.45, 2.75) is 46.1 Å². The highest BCUT2D eigenvalue weighted by atomic mass is 16.6. The summed E-state index contributed by atoms with van der Waals surface area (Å²) in [5, 5.41) is 6.35. The molecule has 26 heavy (non-hydrogen) atoms. The predicted molar refractivity (Wildman–Crippen MR) is 101 cm³/mol. The molecule has 0 spiro atoms. The predicted octanol–water partition coefficient (Wildman–Crippen LogP) is 2.89. The molecule has 0 radical (unpaired) electrons. The van der Waals surface area contributed by atoms with E-state index in [9.17, 15) is 9.59 Å². The topological polar surface area (TPSA) is 83.6 Å². The van der Waals surface area contributed by atoms with E-state index in [4.69, 9.17) is 4.74 Å². The number of amides is 2. The van der Waals surface area contributed by atoms with Gasteiger partial charge in [-0.15, -0.1) is 0 Å². The highest BCUT2D eigenvalue weighted by molar-refractivity contribution is 5.94. The van der Waals surface area contributed by atoms with E-state index in [2.05, 4.69) is 29.5 Å². The number of ether oxygens (including phenoxy) is 1. The second kappa shape index (κ2) is 9.99. The summed E-state index contributed by atoms with van der Waals surface area (Å²) in [4.78, 5) is 29.9. The summed E-state index contributed by atoms with van der Waals surface area (Å²) in [7, 11) is 0. The lowest BCUT2D eigenvalue weighted by molar-refractivity contribution is 0.0949. The van der Waals surface area contributed by atoms with Crippen LogP contribution in [0.5, 0.6) is 0 Å². The quantitative estimate of drug-likeness (QED) is 0.779. The number of hydrogen-bond donors (Lipinski definition) is 2. The van der Waals surface area contributed by atoms with Gasteiger partial charge in [-0.1, -0.05) is 13.8 Å². The molecule has 2 heterocycles. The van der Waals surface area contributed by atoms with E-state index in [0.29, 0.717) is 37.7 Å². The van der Waals surface area contributed by atoms with Crippen LogP contribution in [0.25, 0.3) is 0 Å². The molecule has 2 N–H and O–H groups in total. The zero-order chi connectivity index (χ0) is 18.9. The van der Waals surface area contributed by atoms with Gasteiger partial charge in [0.1, 0.15) is 0 Å². The standard InChI is InChI=1S/C19H30N4O3/c1-4-26-19(25)23-9-6-16(7-10-23)22-17-11-15(12-20-13-17)18(24)21-8-5-14(2)3/h11-14,16,22H,4-10H2,1-3H3,(H,21,24). The maximum absolute atomic E-state index is 12.2. The molecule has 0 saturated carbocycles. The summed E-state index contributed by atoms with van der Waals surface area (Å²) in [6.07, 6.45) is 5.69. The Morgan fingerprint density at radius 1 is 1.31 bits per heavy atom. The van der Waals surface area contributed by atoms with Crippen molar-refractivity contribution in [3.8, 4) is 0 Å². The van der Waals surface area contributed by atoms with Crippen LogP contribution in [-0.2, 0) is 4.74 Å². The third-order valence-corrected chi connectivity index (χ3v) is 4.40. The van der Waals surface area contributed by atoms with Crippen molar-refractivity contribution < 1.29 is 14.3 Å². The first-order valence-corrected chi connectivity index (χ1v) is 9.41. The van der Waals surface area contributed by atoms with Gasteiger partial charge in [-0.05, 0) is 38.2 Å². The SMILES string of the molecule is CCOC(=O)N1CCC(Nc2cncc(C(=O)NCCC(C)C)c2)CC1. The summed E-state index contributed by atoms with van der Waals surface area (Å²) >= 11 is 0. The molecule has 7 nitrogen and oxygen atoms in total. The Hall–Kier alpha value is -2.31. The third kappa shape index (κ3) is 6.20. The summed E-state index contributed by atoms with van der Waals surface area (Å²) < 4.78 is 5.04. The minimum Gasteiger partial charge on any atom is -0.450 e. The number of rotatable bonds is 7. The van der Waals surface area contributed by atoms with Gasteiger partial charge in [0.2, 0.25) is 0 Å². The van der Waals surface area contributed by atoms with Crippen LogP contribution in [0.1, 0.15) is 50.4 Å². The van der Waals surface area contributed by atoms with E-state index in [0.717, 1.165) is 24.9 Å². The third-order valence-electron chi connectivity index (χ3n) is 4.40. The van der Waals surface area contributed by atoms with Crippen LogP contribution in [0.3, 0.4) is 0 Å². The fourth-order valence-electron chi connectivity index (χ4n) is 2.88. The summed E-state index contributed by atoms with van der Waals surface area (Å²) in [5.41, 5.74) is 1.39. The van der Waals surface area contributed by atoms with Crippen LogP contribution in [0.2, 0.25) is 0 Å². The number of carbonyl (C=O) groups excluding carboxylic acids is 2. The number of nitrogens with one attached hydrogen (secondary N) is 2. The first kappa shape index (κ1) is 20.0. The molecule has 144 valence electrons. The first-order chi connectivity index (χ1) is 12.5. The molecule has 1 aliphatic heterocycles. The largest absolute Gasteiger partial charge is 0.450 e. The van der Waals surface area contributed by atoms with E-state index in [1.54, 1.807) is 17.3 Å². The lowest BCUT2D eigenvalue weighted by Crippen LogP contribution is -2.42. The van der Waals surface area contributed by atoms with Crippen LogP contribution in [0, 0.1) is 5.92 Å². The van der Waals surface area contributed by atoms with E-state index in [1.807, 2.05) is 13.0 Å². The Bertz CT molecular complexity index is 598. The molecule has 1 aliphatic rings. The highest BCUT2D eigenvalue weighted by Crippen LogP contribution is 2.17. The number of aromatic nitrogens is 1. The number of likely N-dealkylation sites (tertiary alicyclic amines) is 1. The molecule has 0 aromatic carbocycles. The van der Waals surface area contributed by atoms with E-state index >= 15 is 0 Å². The lowest BCUT2D eigenvalue weighted by atomic mass is 10.1. The Labute approximate surface area is 155 Å². The summed E-state index contributed by atoms with van der Waals surface area (Å²) in [6.45, 7) is 8.47. The zero-order valence-corrected chi connectivity index (χ0v) is 16.0. The molecule has 0 aliphatic carbocycles. The summed E-state index contributed by atoms with van der Waals surface area (Å²) in [5.74, 6) is 0.459. The Kier molecular flexibility index (Phi) is 7.69. The number of hydrogen-bond acceptors (Lipinski definition) is 5. The molecule has 0 bridgehead atoms. The van der Waals surface area contributed by atoms with Crippen molar-refractivity contribution in [2.75, 3.05) is 31.6 Å². The van der Waals surface area contributed by atoms with Gasteiger partial charge >= 0.3 is 6.09 Å². The molecule has 0 unspecified atom stereocenters. The van der Waals surface area contributed by atoms with Gasteiger partial charge in [-0.25, -0.2) is 4.79 Å². The van der Waals surface area contributed by atoms with Gasteiger partial charge in [0.15, 0.2) is 0 Å². The molecule has 1 aromatic rings. The Morgan fingerprint density at radius 3 is 2.69 bits per heavy atom. The van der Waals surface area contributed by atoms with Crippen molar-refractivity contribution in [3.63, 3.8) is 0 Å². The molecule has 2 rings (SSSR count). The molecule has 1 fully saturated rings. The Balaban J connectivity index is 1.83. The van der Waals surface area contributed by atoms with E-state index < -0.39 is 0 Å². The monoisotopic (exact) mass is 362 g/mol. The minimum atomic E-state index is -0.243. The van der Waals surface area contributed by atoms with Crippen LogP contribution in [0.4, 0.5) is 10.5 Å². The molecule has 2 amide bonds. The van der Waals surface area contributed by atoms with Crippen molar-refractivity contribution in [1.82, 2.24) is 15.2 Å². The molecular weight excluding hydrogens is 332 g/mol. The van der Waals surface area contributed by atoms with Crippen molar-refractivity contribution >= 4 is 17.7 Å². The van der Waals surface area contributed by atoms with Crippen molar-refractivity contribution in [3.05, 3.63) is 24.0 Å². The lowest BCUT2D eigenvalue weighted by Gasteiger charge is -2.32. The molecule has 7 heteroatoms. The molecule has 1 aromatic heterocycles. The average molecular weight is 362 g/mol. The number of piperidine rings is 1. The Morgan fingerprint density at radius 2 is 2.04 bits per heavy atom. The van der Waals surface area contributed by atoms with Gasteiger partial charge in [0, 0.05) is 38.1 Å². The minimum absolute atomic E-state index is 0.0982. The second-order valence-electron chi connectivity index (χ2n) is 7.01. The maximum Gasteiger partial charge on any atom is 0.409 e. The van der Waals surface area contributed by atoms with Gasteiger partial charge in [-0.2, -0.15) is 0 Å². The number of nitrogens with zero attached hydrogens (tertiary/aromatic N) is 2. The van der Waals surface area contributed by atoms with Crippen LogP contribution in [-0.4, -0.2) is 54.2 Å². The zero-order valence-electron chi connectivity index (χ0n) is 16.0. The van der Waals surface area contributed by atoms with Gasteiger partial charge < -0.3 is 20.3 Å². The molecule has 0 atom stereocenters. The van der Waals surface area contributed by atoms with Gasteiger partial charge in [0.05, 0.1) is 17.9 Å². The maximum atomic E-state index is 12.2. The fourth-order valence-corrected chi connectivity index (χ4v) is 2.88. The molecular formula is C19H30N4O3. The normalized spacial score (nSPS) is 15.0. The number of anilines is 1. The van der Waals surface area contributed by atoms with E-state index in [1.165, 1.54) is 0 Å². The highest BCUT2D eigenvalue weighted by Gasteiger charge is 2.23. The number of carbonyl (C=O) groups is 2. The first-order valence-electron chi connectivity index (χ1n) is 9.41. The van der Waals surface area contributed by atoms with E-state index in [-0.39, 0.29) is 18.0 Å². The summed E-state index contributed by atoms with van der Waals surface area (Å²) in [6, 6.07) is 2.08. The average Bonchev–Trinajstić information content (AvgIpc) is 2.62. The van der Waals surface area contributed by atoms with Crippen molar-refractivity contribution in [1.29, 1.82) is 0 Å². The van der Waals surface area contributed by atoms with Gasteiger partial charge in [0.25, 0.3) is 5.91 Å². The molecule has 1 saturated heterocycles. The fraction of sp³-hybridized carbons (Fsp3) is 0.632. The van der Waals surface area contributed by atoms with Gasteiger partial charge in [-0.3, -0.25) is 9.78 Å². The van der Waals surface area contributed by atoms with Crippen molar-refractivity contribution in [2.24, 2.45) is 5.92 Å². The van der Waals surface area contributed by atoms with Crippen LogP contribution >= 0.6 is 0 Å². The second-order valence-corrected chi connectivity index (χ2v) is 7.01. The van der Waals surface area contributed by atoms with Crippen LogP contribution in [0.15, 0.2) is 18.5 Å². The smallest absolute Gasteiger partial charge is 0.409 e. The van der Waals surface area contributed by atoms with Crippen LogP contribution < -0.4 is 10.6 Å².